The summed E-state index contributed by atoms with van der Waals surface area (Å²) in [6.07, 6.45) is 1.76. The molecule has 104 valence electrons. The number of hydrogen-bond acceptors (Lipinski definition) is 4. The molecule has 1 atom stereocenters. The van der Waals surface area contributed by atoms with Gasteiger partial charge < -0.3 is 14.3 Å². The Labute approximate surface area is 121 Å². The fourth-order valence-electron chi connectivity index (χ4n) is 2.05. The van der Waals surface area contributed by atoms with Gasteiger partial charge in [0.25, 0.3) is 0 Å². The molecule has 5 heteroatoms. The Kier molecular flexibility index (Phi) is 4.82. The van der Waals surface area contributed by atoms with E-state index in [1.807, 2.05) is 12.1 Å². The molecule has 4 nitrogen and oxygen atoms in total. The zero-order chi connectivity index (χ0) is 13.8. The number of halogens is 1. The third-order valence-corrected chi connectivity index (χ3v) is 3.64. The van der Waals surface area contributed by atoms with Crippen molar-refractivity contribution in [3.05, 3.63) is 39.6 Å². The predicted octanol–water partition coefficient (Wildman–Crippen LogP) is 4.01. The second kappa shape index (κ2) is 6.39. The van der Waals surface area contributed by atoms with E-state index >= 15 is 0 Å². The minimum atomic E-state index is 0.149. The summed E-state index contributed by atoms with van der Waals surface area (Å²) in [6, 6.07) is 4.02. The van der Waals surface area contributed by atoms with Gasteiger partial charge in [-0.1, -0.05) is 19.0 Å². The van der Waals surface area contributed by atoms with Crippen molar-refractivity contribution in [2.45, 2.75) is 46.2 Å². The molecule has 0 radical (unpaired) electrons. The van der Waals surface area contributed by atoms with E-state index in [2.05, 4.69) is 47.2 Å². The molecule has 0 fully saturated rings. The Morgan fingerprint density at radius 2 is 2.11 bits per heavy atom. The van der Waals surface area contributed by atoms with Crippen LogP contribution in [0, 0.1) is 0 Å². The smallest absolute Gasteiger partial charge is 0.169 e. The highest BCUT2D eigenvalue weighted by Gasteiger charge is 2.15. The zero-order valence-electron chi connectivity index (χ0n) is 11.5. The van der Waals surface area contributed by atoms with Gasteiger partial charge >= 0.3 is 0 Å². The lowest BCUT2D eigenvalue weighted by atomic mass is 10.1. The predicted molar refractivity (Wildman–Crippen MR) is 76.9 cm³/mol. The van der Waals surface area contributed by atoms with Crippen molar-refractivity contribution in [1.29, 1.82) is 0 Å². The van der Waals surface area contributed by atoms with E-state index < -0.39 is 0 Å². The first kappa shape index (κ1) is 14.3. The normalized spacial score (nSPS) is 12.8. The van der Waals surface area contributed by atoms with Gasteiger partial charge in [0.05, 0.1) is 11.7 Å². The number of rotatable bonds is 6. The van der Waals surface area contributed by atoms with Crippen LogP contribution in [0.2, 0.25) is 0 Å². The summed E-state index contributed by atoms with van der Waals surface area (Å²) in [5, 5.41) is 7.56. The van der Waals surface area contributed by atoms with Crippen molar-refractivity contribution >= 4 is 15.9 Å². The second-order valence-electron chi connectivity index (χ2n) is 4.48. The SMILES string of the molecule is CCc1noc(CC)c1CN[C@H](C)c1ccc(Br)o1. The first-order valence-corrected chi connectivity index (χ1v) is 7.39. The third kappa shape index (κ3) is 3.28. The minimum Gasteiger partial charge on any atom is -0.453 e. The maximum Gasteiger partial charge on any atom is 0.169 e. The van der Waals surface area contributed by atoms with Gasteiger partial charge in [0.15, 0.2) is 4.67 Å². The van der Waals surface area contributed by atoms with E-state index in [9.17, 15) is 0 Å². The van der Waals surface area contributed by atoms with Crippen LogP contribution in [0.5, 0.6) is 0 Å². The van der Waals surface area contributed by atoms with Crippen LogP contribution in [0.15, 0.2) is 25.7 Å². The van der Waals surface area contributed by atoms with Gasteiger partial charge in [0.1, 0.15) is 11.5 Å². The molecule has 0 aliphatic carbocycles. The van der Waals surface area contributed by atoms with Crippen LogP contribution >= 0.6 is 15.9 Å². The molecule has 0 saturated carbocycles. The van der Waals surface area contributed by atoms with Crippen LogP contribution in [0.25, 0.3) is 0 Å². The first-order chi connectivity index (χ1) is 9.15. The monoisotopic (exact) mass is 326 g/mol. The quantitative estimate of drug-likeness (QED) is 0.871. The lowest BCUT2D eigenvalue weighted by molar-refractivity contribution is 0.378. The summed E-state index contributed by atoms with van der Waals surface area (Å²) in [7, 11) is 0. The van der Waals surface area contributed by atoms with Crippen molar-refractivity contribution in [2.75, 3.05) is 0 Å². The summed E-state index contributed by atoms with van der Waals surface area (Å²) < 4.78 is 11.7. The van der Waals surface area contributed by atoms with Crippen LogP contribution in [0.3, 0.4) is 0 Å². The van der Waals surface area contributed by atoms with Crippen LogP contribution in [-0.2, 0) is 19.4 Å². The average Bonchev–Trinajstić information content (AvgIpc) is 3.01. The van der Waals surface area contributed by atoms with Gasteiger partial charge in [-0.15, -0.1) is 0 Å². The number of nitrogens with zero attached hydrogens (tertiary/aromatic N) is 1. The fraction of sp³-hybridized carbons (Fsp3) is 0.500. The highest BCUT2D eigenvalue weighted by Crippen LogP contribution is 2.21. The highest BCUT2D eigenvalue weighted by atomic mass is 79.9. The number of furan rings is 1. The molecule has 0 saturated heterocycles. The van der Waals surface area contributed by atoms with Gasteiger partial charge in [-0.25, -0.2) is 0 Å². The lowest BCUT2D eigenvalue weighted by Gasteiger charge is -2.11. The number of aryl methyl sites for hydroxylation is 2. The Hall–Kier alpha value is -1.07. The number of aromatic nitrogens is 1. The molecule has 0 aliphatic heterocycles. The molecule has 0 aliphatic rings. The molecule has 0 amide bonds. The summed E-state index contributed by atoms with van der Waals surface area (Å²) in [6.45, 7) is 7.00. The Balaban J connectivity index is 2.04. The van der Waals surface area contributed by atoms with Gasteiger partial charge in [-0.2, -0.15) is 0 Å². The molecule has 2 heterocycles. The molecule has 2 aromatic rings. The van der Waals surface area contributed by atoms with Gasteiger partial charge in [0.2, 0.25) is 0 Å². The molecule has 0 aromatic carbocycles. The van der Waals surface area contributed by atoms with Gasteiger partial charge in [0, 0.05) is 18.5 Å². The number of hydrogen-bond donors (Lipinski definition) is 1. The summed E-state index contributed by atoms with van der Waals surface area (Å²) >= 11 is 3.32. The van der Waals surface area contributed by atoms with Crippen molar-refractivity contribution in [3.63, 3.8) is 0 Å². The van der Waals surface area contributed by atoms with E-state index in [0.29, 0.717) is 0 Å². The van der Waals surface area contributed by atoms with Crippen LogP contribution in [0.1, 0.15) is 49.6 Å². The molecule has 0 spiro atoms. The van der Waals surface area contributed by atoms with E-state index in [1.165, 1.54) is 5.56 Å². The average molecular weight is 327 g/mol. The molecule has 1 N–H and O–H groups in total. The second-order valence-corrected chi connectivity index (χ2v) is 5.26. The van der Waals surface area contributed by atoms with Gasteiger partial charge in [-0.3, -0.25) is 0 Å². The maximum atomic E-state index is 5.54. The Morgan fingerprint density at radius 3 is 2.68 bits per heavy atom. The summed E-state index contributed by atoms with van der Waals surface area (Å²) in [4.78, 5) is 0. The van der Waals surface area contributed by atoms with Crippen molar-refractivity contribution < 1.29 is 8.94 Å². The molecular formula is C14H19BrN2O2. The third-order valence-electron chi connectivity index (χ3n) is 3.21. The molecule has 0 bridgehead atoms. The Morgan fingerprint density at radius 1 is 1.32 bits per heavy atom. The van der Waals surface area contributed by atoms with Gasteiger partial charge in [-0.05, 0) is 41.4 Å². The Bertz CT molecular complexity index is 512. The van der Waals surface area contributed by atoms with E-state index in [1.54, 1.807) is 0 Å². The van der Waals surface area contributed by atoms with Crippen LogP contribution in [0.4, 0.5) is 0 Å². The van der Waals surface area contributed by atoms with E-state index in [4.69, 9.17) is 8.94 Å². The maximum absolute atomic E-state index is 5.54. The molecule has 19 heavy (non-hydrogen) atoms. The first-order valence-electron chi connectivity index (χ1n) is 6.60. The summed E-state index contributed by atoms with van der Waals surface area (Å²) in [5.41, 5.74) is 2.22. The highest BCUT2D eigenvalue weighted by molar-refractivity contribution is 9.10. The minimum absolute atomic E-state index is 0.149. The molecular weight excluding hydrogens is 308 g/mol. The standard InChI is InChI=1S/C14H19BrN2O2/c1-4-11-10(12(5-2)19-17-11)8-16-9(3)13-6-7-14(15)18-13/h6-7,9,16H,4-5,8H2,1-3H3/t9-/m1/s1. The largest absolute Gasteiger partial charge is 0.453 e. The molecule has 2 rings (SSSR count). The van der Waals surface area contributed by atoms with Crippen molar-refractivity contribution in [3.8, 4) is 0 Å². The van der Waals surface area contributed by atoms with Crippen LogP contribution < -0.4 is 5.32 Å². The lowest BCUT2D eigenvalue weighted by Crippen LogP contribution is -2.18. The van der Waals surface area contributed by atoms with Crippen molar-refractivity contribution in [2.24, 2.45) is 0 Å². The summed E-state index contributed by atoms with van der Waals surface area (Å²) in [5.74, 6) is 1.89. The topological polar surface area (TPSA) is 51.2 Å². The van der Waals surface area contributed by atoms with Crippen LogP contribution in [-0.4, -0.2) is 5.16 Å². The zero-order valence-corrected chi connectivity index (χ0v) is 13.1. The van der Waals surface area contributed by atoms with E-state index in [0.717, 1.165) is 41.3 Å². The number of nitrogens with one attached hydrogen (secondary N) is 1. The van der Waals surface area contributed by atoms with E-state index in [-0.39, 0.29) is 6.04 Å². The van der Waals surface area contributed by atoms with Crippen molar-refractivity contribution in [1.82, 2.24) is 10.5 Å². The molecule has 2 aromatic heterocycles. The molecule has 0 unspecified atom stereocenters. The fourth-order valence-corrected chi connectivity index (χ4v) is 2.37.